The number of thiazole rings is 1. The molecule has 1 aliphatic rings. The molecular formula is C21H32IN5OS2. The Bertz CT molecular complexity index is 827. The van der Waals surface area contributed by atoms with Crippen molar-refractivity contribution in [1.82, 2.24) is 20.5 Å². The number of likely N-dealkylation sites (tertiary alicyclic amines) is 1. The number of hydrogen-bond donors (Lipinski definition) is 2. The van der Waals surface area contributed by atoms with Crippen molar-refractivity contribution in [1.29, 1.82) is 0 Å². The van der Waals surface area contributed by atoms with Gasteiger partial charge in [-0.1, -0.05) is 0 Å². The van der Waals surface area contributed by atoms with Crippen molar-refractivity contribution in [3.8, 4) is 10.6 Å². The van der Waals surface area contributed by atoms with Crippen molar-refractivity contribution in [3.05, 3.63) is 27.4 Å². The number of aryl methyl sites for hydroxylation is 1. The van der Waals surface area contributed by atoms with E-state index in [-0.39, 0.29) is 29.9 Å². The Morgan fingerprint density at radius 1 is 1.33 bits per heavy atom. The summed E-state index contributed by atoms with van der Waals surface area (Å²) in [6.07, 6.45) is 3.66. The Hall–Kier alpha value is -1.20. The molecule has 3 heterocycles. The molecule has 1 saturated heterocycles. The van der Waals surface area contributed by atoms with E-state index in [1.165, 1.54) is 9.75 Å². The molecule has 3 rings (SSSR count). The fourth-order valence-corrected chi connectivity index (χ4v) is 5.18. The number of hydrogen-bond acceptors (Lipinski definition) is 5. The normalized spacial score (nSPS) is 15.0. The van der Waals surface area contributed by atoms with Gasteiger partial charge in [0, 0.05) is 56.3 Å². The van der Waals surface area contributed by atoms with E-state index in [0.717, 1.165) is 62.1 Å². The molecule has 2 aromatic rings. The van der Waals surface area contributed by atoms with E-state index in [2.05, 4.69) is 45.0 Å². The standard InChI is InChI=1S/C21H31N5OS2.HI/c1-4-23-21(26-11-8-16(9-12-26)13-20(27)22-3)24-10-7-17-5-6-19(29-17)18-14-28-15(2)25-18;/h5-6,14,16H,4,7-13H2,1-3H3,(H,22,27)(H,23,24);1H. The number of piperidine rings is 1. The van der Waals surface area contributed by atoms with E-state index in [0.29, 0.717) is 12.3 Å². The first-order valence-corrected chi connectivity index (χ1v) is 12.0. The van der Waals surface area contributed by atoms with Crippen LogP contribution in [0.3, 0.4) is 0 Å². The van der Waals surface area contributed by atoms with E-state index in [4.69, 9.17) is 4.99 Å². The lowest BCUT2D eigenvalue weighted by Gasteiger charge is -2.34. The molecule has 0 spiro atoms. The predicted molar refractivity (Wildman–Crippen MR) is 138 cm³/mol. The smallest absolute Gasteiger partial charge is 0.220 e. The molecular weight excluding hydrogens is 529 g/mol. The first-order valence-electron chi connectivity index (χ1n) is 10.3. The van der Waals surface area contributed by atoms with Crippen LogP contribution < -0.4 is 10.6 Å². The van der Waals surface area contributed by atoms with Crippen molar-refractivity contribution in [2.24, 2.45) is 10.9 Å². The minimum Gasteiger partial charge on any atom is -0.359 e. The fraction of sp³-hybridized carbons (Fsp3) is 0.571. The minimum absolute atomic E-state index is 0. The topological polar surface area (TPSA) is 69.6 Å². The number of aliphatic imine (C=N–C) groups is 1. The highest BCUT2D eigenvalue weighted by Gasteiger charge is 2.23. The monoisotopic (exact) mass is 561 g/mol. The Labute approximate surface area is 204 Å². The average molecular weight is 562 g/mol. The molecule has 0 bridgehead atoms. The fourth-order valence-electron chi connectivity index (χ4n) is 3.54. The molecule has 1 aliphatic heterocycles. The van der Waals surface area contributed by atoms with Crippen molar-refractivity contribution in [2.75, 3.05) is 33.2 Å². The first kappa shape index (κ1) is 25.1. The van der Waals surface area contributed by atoms with Gasteiger partial charge in [0.2, 0.25) is 5.91 Å². The summed E-state index contributed by atoms with van der Waals surface area (Å²) in [5.41, 5.74) is 1.08. The van der Waals surface area contributed by atoms with Gasteiger partial charge in [-0.25, -0.2) is 4.98 Å². The molecule has 1 amide bonds. The van der Waals surface area contributed by atoms with E-state index in [1.807, 2.05) is 18.3 Å². The third-order valence-corrected chi connectivity index (χ3v) is 7.10. The second-order valence-corrected chi connectivity index (χ2v) is 9.54. The maximum absolute atomic E-state index is 11.6. The van der Waals surface area contributed by atoms with Crippen molar-refractivity contribution in [2.45, 2.75) is 39.5 Å². The van der Waals surface area contributed by atoms with Crippen molar-refractivity contribution in [3.63, 3.8) is 0 Å². The van der Waals surface area contributed by atoms with Gasteiger partial charge in [0.25, 0.3) is 0 Å². The van der Waals surface area contributed by atoms with Crippen molar-refractivity contribution < 1.29 is 4.79 Å². The molecule has 0 radical (unpaired) electrons. The van der Waals surface area contributed by atoms with Crippen LogP contribution in [0.4, 0.5) is 0 Å². The van der Waals surface area contributed by atoms with Crippen LogP contribution in [0.15, 0.2) is 22.5 Å². The maximum Gasteiger partial charge on any atom is 0.220 e. The number of aromatic nitrogens is 1. The Morgan fingerprint density at radius 2 is 2.10 bits per heavy atom. The van der Waals surface area contributed by atoms with Gasteiger partial charge in [0.05, 0.1) is 15.6 Å². The second kappa shape index (κ2) is 12.6. The summed E-state index contributed by atoms with van der Waals surface area (Å²) < 4.78 is 0. The molecule has 30 heavy (non-hydrogen) atoms. The number of thiophene rings is 1. The van der Waals surface area contributed by atoms with Crippen LogP contribution in [0.1, 0.15) is 36.1 Å². The summed E-state index contributed by atoms with van der Waals surface area (Å²) in [7, 11) is 1.71. The molecule has 0 unspecified atom stereocenters. The summed E-state index contributed by atoms with van der Waals surface area (Å²) in [5, 5.41) is 9.39. The number of nitrogens with zero attached hydrogens (tertiary/aromatic N) is 3. The second-order valence-electron chi connectivity index (χ2n) is 7.31. The molecule has 0 atom stereocenters. The Balaban J connectivity index is 0.00000320. The van der Waals surface area contributed by atoms with E-state index >= 15 is 0 Å². The Kier molecular flexibility index (Phi) is 10.5. The summed E-state index contributed by atoms with van der Waals surface area (Å²) in [5.74, 6) is 1.62. The first-order chi connectivity index (χ1) is 14.1. The van der Waals surface area contributed by atoms with Gasteiger partial charge in [-0.2, -0.15) is 0 Å². The Morgan fingerprint density at radius 3 is 2.73 bits per heavy atom. The molecule has 0 aromatic carbocycles. The largest absolute Gasteiger partial charge is 0.359 e. The van der Waals surface area contributed by atoms with Gasteiger partial charge in [-0.05, 0) is 44.7 Å². The zero-order valence-electron chi connectivity index (χ0n) is 17.9. The van der Waals surface area contributed by atoms with Crippen LogP contribution in [0.5, 0.6) is 0 Å². The van der Waals surface area contributed by atoms with Gasteiger partial charge in [-0.3, -0.25) is 9.79 Å². The lowest BCUT2D eigenvalue weighted by molar-refractivity contribution is -0.121. The highest BCUT2D eigenvalue weighted by Crippen LogP contribution is 2.29. The lowest BCUT2D eigenvalue weighted by Crippen LogP contribution is -2.46. The lowest BCUT2D eigenvalue weighted by atomic mass is 9.93. The third-order valence-electron chi connectivity index (χ3n) is 5.15. The molecule has 0 aliphatic carbocycles. The van der Waals surface area contributed by atoms with Crippen LogP contribution in [0.2, 0.25) is 0 Å². The average Bonchev–Trinajstić information content (AvgIpc) is 3.37. The molecule has 6 nitrogen and oxygen atoms in total. The quantitative estimate of drug-likeness (QED) is 0.303. The van der Waals surface area contributed by atoms with Gasteiger partial charge in [-0.15, -0.1) is 46.7 Å². The number of rotatable bonds is 7. The molecule has 2 N–H and O–H groups in total. The predicted octanol–water partition coefficient (Wildman–Crippen LogP) is 4.15. The molecule has 9 heteroatoms. The van der Waals surface area contributed by atoms with Crippen LogP contribution in [0.25, 0.3) is 10.6 Å². The van der Waals surface area contributed by atoms with E-state index < -0.39 is 0 Å². The number of carbonyl (C=O) groups excluding carboxylic acids is 1. The molecule has 1 fully saturated rings. The van der Waals surface area contributed by atoms with Gasteiger partial charge >= 0.3 is 0 Å². The SMILES string of the molecule is CCNC(=NCCc1ccc(-c2csc(C)n2)s1)N1CCC(CC(=O)NC)CC1.I. The van der Waals surface area contributed by atoms with Crippen LogP contribution >= 0.6 is 46.7 Å². The van der Waals surface area contributed by atoms with Gasteiger partial charge < -0.3 is 15.5 Å². The number of halogens is 1. The third kappa shape index (κ3) is 7.19. The summed E-state index contributed by atoms with van der Waals surface area (Å²) in [6.45, 7) is 7.70. The highest BCUT2D eigenvalue weighted by molar-refractivity contribution is 14.0. The zero-order valence-corrected chi connectivity index (χ0v) is 21.9. The van der Waals surface area contributed by atoms with E-state index in [1.54, 1.807) is 18.4 Å². The molecule has 0 saturated carbocycles. The van der Waals surface area contributed by atoms with Crippen molar-refractivity contribution >= 4 is 58.5 Å². The zero-order chi connectivity index (χ0) is 20.6. The minimum atomic E-state index is 0. The van der Waals surface area contributed by atoms with Crippen LogP contribution in [-0.4, -0.2) is 55.0 Å². The molecule has 166 valence electrons. The number of carbonyl (C=O) groups is 1. The van der Waals surface area contributed by atoms with E-state index in [9.17, 15) is 4.79 Å². The van der Waals surface area contributed by atoms with Gasteiger partial charge in [0.1, 0.15) is 0 Å². The number of amides is 1. The summed E-state index contributed by atoms with van der Waals surface area (Å²) >= 11 is 3.50. The summed E-state index contributed by atoms with van der Waals surface area (Å²) in [4.78, 5) is 26.0. The van der Waals surface area contributed by atoms with Crippen LogP contribution in [0, 0.1) is 12.8 Å². The molecule has 2 aromatic heterocycles. The maximum atomic E-state index is 11.6. The number of nitrogens with one attached hydrogen (secondary N) is 2. The van der Waals surface area contributed by atoms with Gasteiger partial charge in [0.15, 0.2) is 5.96 Å². The van der Waals surface area contributed by atoms with Crippen LogP contribution in [-0.2, 0) is 11.2 Å². The highest BCUT2D eigenvalue weighted by atomic mass is 127. The summed E-state index contributed by atoms with van der Waals surface area (Å²) in [6, 6.07) is 4.36. The number of guanidine groups is 1.